The molecule has 1 saturated heterocycles. The van der Waals surface area contributed by atoms with E-state index in [1.165, 1.54) is 0 Å². The molecule has 40 heavy (non-hydrogen) atoms. The number of benzene rings is 3. The number of aliphatic carboxylic acids is 1. The van der Waals surface area contributed by atoms with E-state index in [0.29, 0.717) is 24.5 Å². The summed E-state index contributed by atoms with van der Waals surface area (Å²) in [5.74, 6) is -0.481. The summed E-state index contributed by atoms with van der Waals surface area (Å²) in [6.07, 6.45) is 1.38. The van der Waals surface area contributed by atoms with Gasteiger partial charge in [0.05, 0.1) is 13.1 Å². The van der Waals surface area contributed by atoms with Gasteiger partial charge >= 0.3 is 18.0 Å². The SMILES string of the molecule is [C-]#[N+]c1cccc(COc2nc(CN3CCC[C@H]3C(=O)O)nc(OCc3cccc(-c4ccccc4)c3C)n2)c1. The number of hydrogen-bond acceptors (Lipinski definition) is 7. The molecular formula is C31H29N5O4. The molecule has 2 heterocycles. The van der Waals surface area contributed by atoms with Crippen molar-refractivity contribution < 1.29 is 19.4 Å². The average molecular weight is 536 g/mol. The smallest absolute Gasteiger partial charge is 0.323 e. The van der Waals surface area contributed by atoms with Gasteiger partial charge in [-0.2, -0.15) is 9.97 Å². The third-order valence-electron chi connectivity index (χ3n) is 6.93. The molecule has 202 valence electrons. The predicted octanol–water partition coefficient (Wildman–Crippen LogP) is 5.60. The third kappa shape index (κ3) is 6.42. The fraction of sp³-hybridized carbons (Fsp3) is 0.258. The molecule has 4 aromatic rings. The minimum absolute atomic E-state index is 0.0778. The Balaban J connectivity index is 1.37. The molecule has 9 nitrogen and oxygen atoms in total. The van der Waals surface area contributed by atoms with Crippen molar-refractivity contribution in [1.82, 2.24) is 19.9 Å². The predicted molar refractivity (Wildman–Crippen MR) is 149 cm³/mol. The maximum Gasteiger partial charge on any atom is 0.323 e. The second kappa shape index (κ2) is 12.4. The molecule has 0 spiro atoms. The van der Waals surface area contributed by atoms with Crippen molar-refractivity contribution in [3.8, 4) is 23.1 Å². The maximum absolute atomic E-state index is 11.7. The lowest BCUT2D eigenvalue weighted by atomic mass is 9.97. The minimum atomic E-state index is -0.854. The molecule has 1 fully saturated rings. The van der Waals surface area contributed by atoms with Gasteiger partial charge in [-0.25, -0.2) is 4.85 Å². The number of hydrogen-bond donors (Lipinski definition) is 1. The Kier molecular flexibility index (Phi) is 8.28. The molecule has 0 bridgehead atoms. The van der Waals surface area contributed by atoms with Crippen LogP contribution in [-0.4, -0.2) is 43.5 Å². The summed E-state index contributed by atoms with van der Waals surface area (Å²) >= 11 is 0. The van der Waals surface area contributed by atoms with Crippen LogP contribution in [0.15, 0.2) is 72.8 Å². The number of aromatic nitrogens is 3. The van der Waals surface area contributed by atoms with Crippen LogP contribution >= 0.6 is 0 Å². The van der Waals surface area contributed by atoms with Crippen LogP contribution in [0.3, 0.4) is 0 Å². The second-order valence-electron chi connectivity index (χ2n) is 9.60. The van der Waals surface area contributed by atoms with Crippen molar-refractivity contribution in [1.29, 1.82) is 0 Å². The van der Waals surface area contributed by atoms with E-state index in [9.17, 15) is 9.90 Å². The number of rotatable bonds is 10. The van der Waals surface area contributed by atoms with Gasteiger partial charge in [0.2, 0.25) is 0 Å². The fourth-order valence-corrected chi connectivity index (χ4v) is 4.83. The summed E-state index contributed by atoms with van der Waals surface area (Å²) < 4.78 is 11.9. The Morgan fingerprint density at radius 1 is 1.00 bits per heavy atom. The highest BCUT2D eigenvalue weighted by atomic mass is 16.5. The first-order valence-corrected chi connectivity index (χ1v) is 13.1. The van der Waals surface area contributed by atoms with Gasteiger partial charge in [-0.05, 0) is 60.2 Å². The zero-order chi connectivity index (χ0) is 27.9. The zero-order valence-electron chi connectivity index (χ0n) is 22.2. The van der Waals surface area contributed by atoms with Gasteiger partial charge in [-0.15, -0.1) is 4.98 Å². The van der Waals surface area contributed by atoms with Crippen molar-refractivity contribution in [3.05, 3.63) is 107 Å². The van der Waals surface area contributed by atoms with E-state index < -0.39 is 12.0 Å². The van der Waals surface area contributed by atoms with Crippen molar-refractivity contribution in [3.63, 3.8) is 0 Å². The molecule has 1 aromatic heterocycles. The maximum atomic E-state index is 11.7. The molecule has 0 amide bonds. The van der Waals surface area contributed by atoms with E-state index in [2.05, 4.69) is 44.9 Å². The van der Waals surface area contributed by atoms with Gasteiger partial charge in [0, 0.05) is 0 Å². The number of carboxylic acid groups (broad SMARTS) is 1. The van der Waals surface area contributed by atoms with E-state index in [-0.39, 0.29) is 31.8 Å². The minimum Gasteiger partial charge on any atom is -0.480 e. The highest BCUT2D eigenvalue weighted by Crippen LogP contribution is 2.27. The van der Waals surface area contributed by atoms with Crippen LogP contribution in [0.5, 0.6) is 12.0 Å². The molecular weight excluding hydrogens is 506 g/mol. The lowest BCUT2D eigenvalue weighted by molar-refractivity contribution is -0.142. The van der Waals surface area contributed by atoms with Gasteiger partial charge in [0.1, 0.15) is 19.3 Å². The highest BCUT2D eigenvalue weighted by Gasteiger charge is 2.31. The molecule has 0 radical (unpaired) electrons. The van der Waals surface area contributed by atoms with Gasteiger partial charge in [-0.3, -0.25) is 9.69 Å². The van der Waals surface area contributed by atoms with E-state index in [0.717, 1.165) is 34.2 Å². The van der Waals surface area contributed by atoms with Crippen LogP contribution in [0.4, 0.5) is 5.69 Å². The lowest BCUT2D eigenvalue weighted by Crippen LogP contribution is -2.35. The zero-order valence-corrected chi connectivity index (χ0v) is 22.2. The molecule has 1 aliphatic rings. The molecule has 0 aliphatic carbocycles. The summed E-state index contributed by atoms with van der Waals surface area (Å²) in [4.78, 5) is 30.3. The molecule has 1 N–H and O–H groups in total. The standard InChI is InChI=1S/C31H29N5O4/c1-21-24(12-7-14-26(21)23-10-4-3-5-11-23)20-40-31-34-28(18-36-16-8-15-27(36)29(37)38)33-30(35-31)39-19-22-9-6-13-25(17-22)32-2/h3-7,9-14,17,27H,8,15-16,18-20H2,1H3,(H,37,38)/t27-/m0/s1. The number of carbonyl (C=O) groups is 1. The number of carboxylic acids is 1. The fourth-order valence-electron chi connectivity index (χ4n) is 4.83. The first-order valence-electron chi connectivity index (χ1n) is 13.1. The van der Waals surface area contributed by atoms with Crippen molar-refractivity contribution in [2.24, 2.45) is 0 Å². The summed E-state index contributed by atoms with van der Waals surface area (Å²) in [5, 5.41) is 9.60. The van der Waals surface area contributed by atoms with Crippen LogP contribution in [-0.2, 0) is 24.6 Å². The molecule has 0 saturated carbocycles. The van der Waals surface area contributed by atoms with Crippen LogP contribution in [0, 0.1) is 13.5 Å². The molecule has 5 rings (SSSR count). The van der Waals surface area contributed by atoms with Crippen LogP contribution in [0.2, 0.25) is 0 Å². The molecule has 1 aliphatic heterocycles. The third-order valence-corrected chi connectivity index (χ3v) is 6.93. The lowest BCUT2D eigenvalue weighted by Gasteiger charge is -2.20. The Labute approximate surface area is 232 Å². The average Bonchev–Trinajstić information content (AvgIpc) is 3.44. The van der Waals surface area contributed by atoms with E-state index in [4.69, 9.17) is 16.0 Å². The number of ether oxygens (including phenoxy) is 2. The quantitative estimate of drug-likeness (QED) is 0.262. The molecule has 9 heteroatoms. The Bertz CT molecular complexity index is 1540. The molecule has 1 atom stereocenters. The summed E-state index contributed by atoms with van der Waals surface area (Å²) in [6.45, 7) is 10.6. The summed E-state index contributed by atoms with van der Waals surface area (Å²) in [6, 6.07) is 23.0. The second-order valence-corrected chi connectivity index (χ2v) is 9.60. The van der Waals surface area contributed by atoms with Crippen LogP contribution in [0.1, 0.15) is 35.4 Å². The topological polar surface area (TPSA) is 102 Å². The normalized spacial score (nSPS) is 14.9. The van der Waals surface area contributed by atoms with Crippen molar-refractivity contribution in [2.45, 2.75) is 45.6 Å². The van der Waals surface area contributed by atoms with Crippen molar-refractivity contribution in [2.75, 3.05) is 6.54 Å². The Hall–Kier alpha value is -4.81. The largest absolute Gasteiger partial charge is 0.480 e. The highest BCUT2D eigenvalue weighted by molar-refractivity contribution is 5.73. The monoisotopic (exact) mass is 535 g/mol. The van der Waals surface area contributed by atoms with Crippen molar-refractivity contribution >= 4 is 11.7 Å². The summed E-state index contributed by atoms with van der Waals surface area (Å²) in [7, 11) is 0. The van der Waals surface area contributed by atoms with Crippen LogP contribution in [0.25, 0.3) is 16.0 Å². The van der Waals surface area contributed by atoms with E-state index >= 15 is 0 Å². The first-order chi connectivity index (χ1) is 19.5. The van der Waals surface area contributed by atoms with E-state index in [1.807, 2.05) is 41.3 Å². The Morgan fingerprint density at radius 3 is 2.50 bits per heavy atom. The van der Waals surface area contributed by atoms with E-state index in [1.54, 1.807) is 18.2 Å². The molecule has 3 aromatic carbocycles. The van der Waals surface area contributed by atoms with Gasteiger partial charge in [0.25, 0.3) is 0 Å². The van der Waals surface area contributed by atoms with Gasteiger partial charge in [-0.1, -0.05) is 66.7 Å². The number of likely N-dealkylation sites (tertiary alicyclic amines) is 1. The first kappa shape index (κ1) is 26.8. The summed E-state index contributed by atoms with van der Waals surface area (Å²) in [5.41, 5.74) is 5.66. The Morgan fingerprint density at radius 2 is 1.75 bits per heavy atom. The number of nitrogens with zero attached hydrogens (tertiary/aromatic N) is 5. The van der Waals surface area contributed by atoms with Gasteiger partial charge < -0.3 is 14.6 Å². The van der Waals surface area contributed by atoms with Gasteiger partial charge in [0.15, 0.2) is 11.5 Å². The molecule has 0 unspecified atom stereocenters. The van der Waals surface area contributed by atoms with Crippen LogP contribution < -0.4 is 9.47 Å².